The molecule has 0 saturated heterocycles. The summed E-state index contributed by atoms with van der Waals surface area (Å²) in [6, 6.07) is 26.5. The van der Waals surface area contributed by atoms with Gasteiger partial charge in [-0.3, -0.25) is 0 Å². The van der Waals surface area contributed by atoms with Crippen LogP contribution in [0, 0.1) is 0 Å². The molecule has 0 bridgehead atoms. The highest BCUT2D eigenvalue weighted by molar-refractivity contribution is 5.78. The van der Waals surface area contributed by atoms with Crippen LogP contribution >= 0.6 is 0 Å². The zero-order chi connectivity index (χ0) is 14.1. The number of benzene rings is 2. The smallest absolute Gasteiger partial charge is 0.120 e. The summed E-state index contributed by atoms with van der Waals surface area (Å²) in [5.41, 5.74) is 5.18. The monoisotopic (exact) mass is 271 g/mol. The second kappa shape index (κ2) is 4.87. The summed E-state index contributed by atoms with van der Waals surface area (Å²) < 4.78 is 1.90. The number of nitrogens with zero attached hydrogens (tertiary/aromatic N) is 3. The molecule has 2 aromatic carbocycles. The molecule has 3 nitrogen and oxygen atoms in total. The second-order valence-electron chi connectivity index (χ2n) is 4.88. The molecule has 0 N–H and O–H groups in total. The Labute approximate surface area is 122 Å². The SMILES string of the molecule is c1ccc(-c2nnn3c(-c4ccccc4)cccc23)cc1. The van der Waals surface area contributed by atoms with E-state index in [-0.39, 0.29) is 0 Å². The lowest BCUT2D eigenvalue weighted by atomic mass is 10.1. The fourth-order valence-electron chi connectivity index (χ4n) is 2.55. The van der Waals surface area contributed by atoms with E-state index in [2.05, 4.69) is 46.7 Å². The predicted molar refractivity (Wildman–Crippen MR) is 83.9 cm³/mol. The van der Waals surface area contributed by atoms with E-state index < -0.39 is 0 Å². The lowest BCUT2D eigenvalue weighted by Crippen LogP contribution is -1.93. The van der Waals surface area contributed by atoms with Gasteiger partial charge in [-0.25, -0.2) is 4.52 Å². The summed E-state index contributed by atoms with van der Waals surface area (Å²) in [4.78, 5) is 0. The molecule has 0 amide bonds. The van der Waals surface area contributed by atoms with Gasteiger partial charge in [-0.2, -0.15) is 0 Å². The summed E-state index contributed by atoms with van der Waals surface area (Å²) in [6.45, 7) is 0. The van der Waals surface area contributed by atoms with Crippen LogP contribution in [0.1, 0.15) is 0 Å². The van der Waals surface area contributed by atoms with E-state index in [4.69, 9.17) is 0 Å². The number of fused-ring (bicyclic) bond motifs is 1. The van der Waals surface area contributed by atoms with Crippen LogP contribution in [0.2, 0.25) is 0 Å². The quantitative estimate of drug-likeness (QED) is 0.550. The highest BCUT2D eigenvalue weighted by atomic mass is 15.4. The third-order valence-corrected chi connectivity index (χ3v) is 3.56. The van der Waals surface area contributed by atoms with E-state index in [1.54, 1.807) is 0 Å². The van der Waals surface area contributed by atoms with Gasteiger partial charge >= 0.3 is 0 Å². The van der Waals surface area contributed by atoms with Crippen molar-refractivity contribution in [1.82, 2.24) is 14.8 Å². The number of hydrogen-bond acceptors (Lipinski definition) is 2. The standard InChI is InChI=1S/C18H13N3/c1-3-8-14(9-4-1)16-12-7-13-17-18(19-20-21(16)17)15-10-5-2-6-11-15/h1-13H. The average molecular weight is 271 g/mol. The van der Waals surface area contributed by atoms with Gasteiger partial charge in [0.2, 0.25) is 0 Å². The van der Waals surface area contributed by atoms with Crippen molar-refractivity contribution in [3.05, 3.63) is 78.9 Å². The van der Waals surface area contributed by atoms with Gasteiger partial charge < -0.3 is 0 Å². The number of pyridine rings is 1. The molecule has 21 heavy (non-hydrogen) atoms. The first-order valence-corrected chi connectivity index (χ1v) is 6.89. The summed E-state index contributed by atoms with van der Waals surface area (Å²) in [5, 5.41) is 8.70. The first kappa shape index (κ1) is 11.9. The fourth-order valence-corrected chi connectivity index (χ4v) is 2.55. The van der Waals surface area contributed by atoms with Crippen LogP contribution in [0.5, 0.6) is 0 Å². The topological polar surface area (TPSA) is 30.2 Å². The maximum Gasteiger partial charge on any atom is 0.120 e. The molecular formula is C18H13N3. The summed E-state index contributed by atoms with van der Waals surface area (Å²) in [7, 11) is 0. The van der Waals surface area contributed by atoms with Crippen LogP contribution in [0.15, 0.2) is 78.9 Å². The minimum atomic E-state index is 0.911. The predicted octanol–water partition coefficient (Wildman–Crippen LogP) is 4.06. The van der Waals surface area contributed by atoms with Crippen molar-refractivity contribution in [2.45, 2.75) is 0 Å². The van der Waals surface area contributed by atoms with Crippen molar-refractivity contribution in [2.75, 3.05) is 0 Å². The van der Waals surface area contributed by atoms with E-state index >= 15 is 0 Å². The molecule has 2 heterocycles. The molecular weight excluding hydrogens is 258 g/mol. The Kier molecular flexibility index (Phi) is 2.75. The number of rotatable bonds is 2. The van der Waals surface area contributed by atoms with Gasteiger partial charge in [0.15, 0.2) is 0 Å². The lowest BCUT2D eigenvalue weighted by Gasteiger charge is -2.04. The Morgan fingerprint density at radius 1 is 0.619 bits per heavy atom. The van der Waals surface area contributed by atoms with Gasteiger partial charge in [-0.05, 0) is 12.1 Å². The zero-order valence-electron chi connectivity index (χ0n) is 11.3. The lowest BCUT2D eigenvalue weighted by molar-refractivity contribution is 0.863. The van der Waals surface area contributed by atoms with Gasteiger partial charge in [0, 0.05) is 11.1 Å². The molecule has 4 rings (SSSR count). The fraction of sp³-hybridized carbons (Fsp3) is 0. The molecule has 100 valence electrons. The van der Waals surface area contributed by atoms with Crippen LogP contribution < -0.4 is 0 Å². The van der Waals surface area contributed by atoms with E-state index in [0.29, 0.717) is 0 Å². The highest BCUT2D eigenvalue weighted by Gasteiger charge is 2.11. The van der Waals surface area contributed by atoms with E-state index in [0.717, 1.165) is 28.0 Å². The van der Waals surface area contributed by atoms with Crippen molar-refractivity contribution in [1.29, 1.82) is 0 Å². The largest absolute Gasteiger partial charge is 0.212 e. The molecule has 3 heteroatoms. The highest BCUT2D eigenvalue weighted by Crippen LogP contribution is 2.26. The van der Waals surface area contributed by atoms with Gasteiger partial charge in [-0.15, -0.1) is 5.10 Å². The van der Waals surface area contributed by atoms with Gasteiger partial charge in [0.25, 0.3) is 0 Å². The number of hydrogen-bond donors (Lipinski definition) is 0. The van der Waals surface area contributed by atoms with Crippen molar-refractivity contribution < 1.29 is 0 Å². The van der Waals surface area contributed by atoms with Gasteiger partial charge in [0.05, 0.1) is 11.2 Å². The van der Waals surface area contributed by atoms with Crippen LogP contribution in [-0.4, -0.2) is 14.8 Å². The van der Waals surface area contributed by atoms with Gasteiger partial charge in [-0.1, -0.05) is 71.9 Å². The van der Waals surface area contributed by atoms with E-state index in [1.165, 1.54) is 0 Å². The first-order valence-electron chi connectivity index (χ1n) is 6.89. The Morgan fingerprint density at radius 2 is 1.29 bits per heavy atom. The molecule has 0 aliphatic rings. The molecule has 0 saturated carbocycles. The molecule has 2 aromatic heterocycles. The van der Waals surface area contributed by atoms with Gasteiger partial charge in [0.1, 0.15) is 5.69 Å². The first-order chi connectivity index (χ1) is 10.4. The van der Waals surface area contributed by atoms with Crippen LogP contribution in [0.3, 0.4) is 0 Å². The molecule has 0 fully saturated rings. The van der Waals surface area contributed by atoms with Crippen molar-refractivity contribution in [2.24, 2.45) is 0 Å². The van der Waals surface area contributed by atoms with E-state index in [1.807, 2.05) is 47.0 Å². The Balaban J connectivity index is 1.96. The summed E-state index contributed by atoms with van der Waals surface area (Å²) in [6.07, 6.45) is 0. The molecule has 0 spiro atoms. The zero-order valence-corrected chi connectivity index (χ0v) is 11.3. The molecule has 0 atom stereocenters. The molecule has 0 radical (unpaired) electrons. The Bertz CT molecular complexity index is 880. The van der Waals surface area contributed by atoms with Crippen molar-refractivity contribution in [3.8, 4) is 22.5 Å². The van der Waals surface area contributed by atoms with Crippen molar-refractivity contribution >= 4 is 5.52 Å². The molecule has 0 unspecified atom stereocenters. The summed E-state index contributed by atoms with van der Waals surface area (Å²) >= 11 is 0. The minimum Gasteiger partial charge on any atom is -0.212 e. The third kappa shape index (κ3) is 1.99. The minimum absolute atomic E-state index is 0.911. The van der Waals surface area contributed by atoms with Crippen molar-refractivity contribution in [3.63, 3.8) is 0 Å². The van der Waals surface area contributed by atoms with E-state index in [9.17, 15) is 0 Å². The molecule has 0 aliphatic carbocycles. The Hall–Kier alpha value is -2.94. The normalized spacial score (nSPS) is 10.9. The summed E-state index contributed by atoms with van der Waals surface area (Å²) in [5.74, 6) is 0. The van der Waals surface area contributed by atoms with Crippen LogP contribution in [-0.2, 0) is 0 Å². The number of aromatic nitrogens is 3. The molecule has 0 aliphatic heterocycles. The van der Waals surface area contributed by atoms with Crippen LogP contribution in [0.25, 0.3) is 28.0 Å². The maximum absolute atomic E-state index is 4.36. The second-order valence-corrected chi connectivity index (χ2v) is 4.88. The third-order valence-electron chi connectivity index (χ3n) is 3.56. The van der Waals surface area contributed by atoms with Crippen LogP contribution in [0.4, 0.5) is 0 Å². The maximum atomic E-state index is 4.36. The Morgan fingerprint density at radius 3 is 2.00 bits per heavy atom. The average Bonchev–Trinajstić information content (AvgIpc) is 3.00. The molecule has 4 aromatic rings.